The summed E-state index contributed by atoms with van der Waals surface area (Å²) in [5, 5.41) is 3.20. The van der Waals surface area contributed by atoms with Gasteiger partial charge in [-0.25, -0.2) is 0 Å². The highest BCUT2D eigenvalue weighted by Crippen LogP contribution is 2.22. The lowest BCUT2D eigenvalue weighted by Gasteiger charge is -2.27. The minimum absolute atomic E-state index is 0.00739. The van der Waals surface area contributed by atoms with Crippen molar-refractivity contribution in [3.05, 3.63) is 24.2 Å². The van der Waals surface area contributed by atoms with Crippen LogP contribution in [0.3, 0.4) is 0 Å². The van der Waals surface area contributed by atoms with Gasteiger partial charge in [0.25, 0.3) is 5.91 Å². The number of nitrogens with zero attached hydrogens (tertiary/aromatic N) is 1. The van der Waals surface area contributed by atoms with Gasteiger partial charge in [0.2, 0.25) is 5.91 Å². The van der Waals surface area contributed by atoms with Gasteiger partial charge in [-0.05, 0) is 37.8 Å². The number of furan rings is 1. The van der Waals surface area contributed by atoms with E-state index in [-0.39, 0.29) is 23.9 Å². The monoisotopic (exact) mass is 318 g/mol. The summed E-state index contributed by atoms with van der Waals surface area (Å²) in [6, 6.07) is 3.28. The van der Waals surface area contributed by atoms with Crippen LogP contribution in [0.4, 0.5) is 0 Å². The Labute approximate surface area is 137 Å². The number of carbonyl (C=O) groups is 2. The molecule has 0 unspecified atom stereocenters. The Morgan fingerprint density at radius 1 is 1.04 bits per heavy atom. The maximum atomic E-state index is 12.7. The molecule has 1 aliphatic carbocycles. The molecule has 1 atom stereocenters. The average molecular weight is 318 g/mol. The summed E-state index contributed by atoms with van der Waals surface area (Å²) in [7, 11) is 0. The van der Waals surface area contributed by atoms with Crippen LogP contribution in [-0.2, 0) is 4.79 Å². The van der Waals surface area contributed by atoms with Gasteiger partial charge in [0.05, 0.1) is 6.26 Å². The molecule has 2 fully saturated rings. The number of carbonyl (C=O) groups excluding carboxylic acids is 2. The molecule has 1 N–H and O–H groups in total. The molecule has 5 heteroatoms. The van der Waals surface area contributed by atoms with Crippen molar-refractivity contribution >= 4 is 11.8 Å². The van der Waals surface area contributed by atoms with E-state index in [0.29, 0.717) is 12.3 Å². The molecule has 2 amide bonds. The Morgan fingerprint density at radius 3 is 2.48 bits per heavy atom. The average Bonchev–Trinajstić information content (AvgIpc) is 3.20. The highest BCUT2D eigenvalue weighted by molar-refractivity contribution is 5.96. The highest BCUT2D eigenvalue weighted by atomic mass is 16.3. The van der Waals surface area contributed by atoms with E-state index in [1.807, 2.05) is 0 Å². The van der Waals surface area contributed by atoms with Crippen molar-refractivity contribution in [2.45, 2.75) is 69.9 Å². The predicted molar refractivity (Wildman–Crippen MR) is 87.0 cm³/mol. The molecule has 126 valence electrons. The van der Waals surface area contributed by atoms with Gasteiger partial charge >= 0.3 is 0 Å². The summed E-state index contributed by atoms with van der Waals surface area (Å²) in [5.74, 6) is 0.147. The molecular formula is C18H26N2O3. The fraction of sp³-hybridized carbons (Fsp3) is 0.667. The first-order valence-corrected chi connectivity index (χ1v) is 8.90. The predicted octanol–water partition coefficient (Wildman–Crippen LogP) is 3.11. The van der Waals surface area contributed by atoms with Crippen LogP contribution in [0.1, 0.15) is 68.3 Å². The first-order chi connectivity index (χ1) is 11.3. The lowest BCUT2D eigenvalue weighted by Crippen LogP contribution is -2.48. The maximum Gasteiger partial charge on any atom is 0.290 e. The van der Waals surface area contributed by atoms with Gasteiger partial charge in [0.1, 0.15) is 6.04 Å². The van der Waals surface area contributed by atoms with Crippen molar-refractivity contribution in [2.24, 2.45) is 0 Å². The Hall–Kier alpha value is -1.78. The van der Waals surface area contributed by atoms with E-state index in [0.717, 1.165) is 25.7 Å². The Balaban J connectivity index is 1.60. The van der Waals surface area contributed by atoms with Crippen molar-refractivity contribution in [1.29, 1.82) is 0 Å². The second kappa shape index (κ2) is 7.66. The van der Waals surface area contributed by atoms with Gasteiger partial charge in [-0.3, -0.25) is 9.59 Å². The zero-order chi connectivity index (χ0) is 16.1. The fourth-order valence-electron chi connectivity index (χ4n) is 3.72. The maximum absolute atomic E-state index is 12.7. The molecule has 3 rings (SSSR count). The molecule has 1 saturated carbocycles. The molecule has 0 aromatic carbocycles. The van der Waals surface area contributed by atoms with Gasteiger partial charge < -0.3 is 14.6 Å². The second-order valence-corrected chi connectivity index (χ2v) is 6.68. The van der Waals surface area contributed by atoms with E-state index in [2.05, 4.69) is 5.32 Å². The van der Waals surface area contributed by atoms with Crippen LogP contribution < -0.4 is 5.32 Å². The molecule has 5 nitrogen and oxygen atoms in total. The first-order valence-electron chi connectivity index (χ1n) is 8.90. The van der Waals surface area contributed by atoms with Gasteiger partial charge in [-0.1, -0.05) is 32.1 Å². The number of amides is 2. The van der Waals surface area contributed by atoms with Gasteiger partial charge in [0, 0.05) is 12.6 Å². The lowest BCUT2D eigenvalue weighted by molar-refractivity contribution is -0.125. The highest BCUT2D eigenvalue weighted by Gasteiger charge is 2.36. The zero-order valence-corrected chi connectivity index (χ0v) is 13.6. The van der Waals surface area contributed by atoms with E-state index in [9.17, 15) is 9.59 Å². The summed E-state index contributed by atoms with van der Waals surface area (Å²) in [4.78, 5) is 26.8. The Bertz CT molecular complexity index is 518. The number of nitrogens with one attached hydrogen (secondary N) is 1. The quantitative estimate of drug-likeness (QED) is 0.931. The molecule has 1 aliphatic heterocycles. The number of hydrogen-bond donors (Lipinski definition) is 1. The van der Waals surface area contributed by atoms with Gasteiger partial charge in [-0.15, -0.1) is 0 Å². The first kappa shape index (κ1) is 16.1. The van der Waals surface area contributed by atoms with Crippen LogP contribution in [0.25, 0.3) is 0 Å². The second-order valence-electron chi connectivity index (χ2n) is 6.68. The molecule has 0 bridgehead atoms. The van der Waals surface area contributed by atoms with Crippen molar-refractivity contribution in [3.8, 4) is 0 Å². The molecule has 1 saturated heterocycles. The molecule has 1 aromatic rings. The molecule has 0 spiro atoms. The summed E-state index contributed by atoms with van der Waals surface area (Å²) in [5.41, 5.74) is 0. The van der Waals surface area contributed by atoms with E-state index >= 15 is 0 Å². The normalized spacial score (nSPS) is 23.3. The van der Waals surface area contributed by atoms with Crippen molar-refractivity contribution < 1.29 is 14.0 Å². The van der Waals surface area contributed by atoms with Crippen LogP contribution in [-0.4, -0.2) is 35.3 Å². The topological polar surface area (TPSA) is 62.6 Å². The molecule has 2 aliphatic rings. The number of hydrogen-bond acceptors (Lipinski definition) is 3. The third-order valence-electron chi connectivity index (χ3n) is 5.00. The molecule has 1 aromatic heterocycles. The standard InChI is InChI=1S/C18H26N2O3/c21-17(19-14-8-4-2-1-3-5-9-14)15-10-6-12-20(15)18(22)16-11-7-13-23-16/h7,11,13-15H,1-6,8-10,12H2,(H,19,21)/t15-/m0/s1. The van der Waals surface area contributed by atoms with Crippen LogP contribution in [0.15, 0.2) is 22.8 Å². The summed E-state index contributed by atoms with van der Waals surface area (Å²) in [6.45, 7) is 0.627. The summed E-state index contributed by atoms with van der Waals surface area (Å²) in [6.07, 6.45) is 11.4. The van der Waals surface area contributed by atoms with Crippen LogP contribution in [0.2, 0.25) is 0 Å². The van der Waals surface area contributed by atoms with Crippen LogP contribution in [0.5, 0.6) is 0 Å². The summed E-state index contributed by atoms with van der Waals surface area (Å²) >= 11 is 0. The van der Waals surface area contributed by atoms with E-state index in [1.165, 1.54) is 38.4 Å². The van der Waals surface area contributed by atoms with Gasteiger partial charge in [0.15, 0.2) is 5.76 Å². The molecule has 2 heterocycles. The van der Waals surface area contributed by atoms with E-state index in [4.69, 9.17) is 4.42 Å². The zero-order valence-electron chi connectivity index (χ0n) is 13.6. The Kier molecular flexibility index (Phi) is 5.36. The van der Waals surface area contributed by atoms with Crippen molar-refractivity contribution in [3.63, 3.8) is 0 Å². The lowest BCUT2D eigenvalue weighted by atomic mass is 9.96. The van der Waals surface area contributed by atoms with Crippen LogP contribution in [0, 0.1) is 0 Å². The van der Waals surface area contributed by atoms with Crippen LogP contribution >= 0.6 is 0 Å². The van der Waals surface area contributed by atoms with Crippen molar-refractivity contribution in [1.82, 2.24) is 10.2 Å². The minimum atomic E-state index is -0.349. The number of likely N-dealkylation sites (tertiary alicyclic amines) is 1. The molecule has 23 heavy (non-hydrogen) atoms. The third kappa shape index (κ3) is 3.95. The van der Waals surface area contributed by atoms with E-state index < -0.39 is 0 Å². The molecular weight excluding hydrogens is 292 g/mol. The van der Waals surface area contributed by atoms with Crippen molar-refractivity contribution in [2.75, 3.05) is 6.54 Å². The largest absolute Gasteiger partial charge is 0.459 e. The minimum Gasteiger partial charge on any atom is -0.459 e. The Morgan fingerprint density at radius 2 is 1.78 bits per heavy atom. The van der Waals surface area contributed by atoms with Gasteiger partial charge in [-0.2, -0.15) is 0 Å². The van der Waals surface area contributed by atoms with E-state index in [1.54, 1.807) is 17.0 Å². The number of rotatable bonds is 3. The summed E-state index contributed by atoms with van der Waals surface area (Å²) < 4.78 is 5.19. The fourth-order valence-corrected chi connectivity index (χ4v) is 3.72. The SMILES string of the molecule is O=C(NC1CCCCCCC1)[C@@H]1CCCN1C(=O)c1ccco1. The molecule has 0 radical (unpaired) electrons. The smallest absolute Gasteiger partial charge is 0.290 e. The third-order valence-corrected chi connectivity index (χ3v) is 5.00.